The fraction of sp³-hybridized carbons (Fsp3) is 0.179. The van der Waals surface area contributed by atoms with Gasteiger partial charge in [0.05, 0.1) is 17.9 Å². The zero-order valence-electron chi connectivity index (χ0n) is 19.6. The second kappa shape index (κ2) is 9.85. The number of aryl methyl sites for hydroxylation is 1. The van der Waals surface area contributed by atoms with Gasteiger partial charge in [0.25, 0.3) is 0 Å². The molecule has 0 amide bonds. The lowest BCUT2D eigenvalue weighted by Crippen LogP contribution is -2.30. The van der Waals surface area contributed by atoms with E-state index >= 15 is 0 Å². The molecule has 1 aliphatic rings. The van der Waals surface area contributed by atoms with E-state index in [-0.39, 0.29) is 6.61 Å². The summed E-state index contributed by atoms with van der Waals surface area (Å²) in [7, 11) is 0. The second-order valence-electron chi connectivity index (χ2n) is 8.22. The van der Waals surface area contributed by atoms with Crippen molar-refractivity contribution in [1.82, 2.24) is 14.8 Å². The first-order valence-electron chi connectivity index (χ1n) is 11.6. The van der Waals surface area contributed by atoms with Crippen LogP contribution in [0.3, 0.4) is 0 Å². The van der Waals surface area contributed by atoms with E-state index in [4.69, 9.17) is 9.47 Å². The van der Waals surface area contributed by atoms with Gasteiger partial charge >= 0.3 is 5.97 Å². The van der Waals surface area contributed by atoms with E-state index < -0.39 is 12.0 Å². The van der Waals surface area contributed by atoms with Crippen LogP contribution in [0.25, 0.3) is 5.70 Å². The van der Waals surface area contributed by atoms with Gasteiger partial charge in [-0.25, -0.2) is 9.48 Å². The van der Waals surface area contributed by atoms with Crippen LogP contribution in [-0.4, -0.2) is 27.3 Å². The topological polar surface area (TPSA) is 78.3 Å². The summed E-state index contributed by atoms with van der Waals surface area (Å²) >= 11 is 0. The Balaban J connectivity index is 1.52. The predicted molar refractivity (Wildman–Crippen MR) is 134 cm³/mol. The Morgan fingerprint density at radius 1 is 1.00 bits per heavy atom. The second-order valence-corrected chi connectivity index (χ2v) is 8.22. The summed E-state index contributed by atoms with van der Waals surface area (Å²) in [5.41, 5.74) is 5.21. The van der Waals surface area contributed by atoms with Crippen molar-refractivity contribution in [2.75, 3.05) is 11.9 Å². The van der Waals surface area contributed by atoms with Gasteiger partial charge in [-0.1, -0.05) is 66.7 Å². The Morgan fingerprint density at radius 3 is 2.49 bits per heavy atom. The van der Waals surface area contributed by atoms with E-state index in [9.17, 15) is 4.79 Å². The SMILES string of the molecule is CCOC(=O)C1=C(c2ccccc2)Nc2ncnn2[C@H]1c1ccc(OCc2ccccc2C)cc1. The summed E-state index contributed by atoms with van der Waals surface area (Å²) in [6.45, 7) is 4.63. The molecule has 0 unspecified atom stereocenters. The van der Waals surface area contributed by atoms with Crippen molar-refractivity contribution < 1.29 is 14.3 Å². The highest BCUT2D eigenvalue weighted by Crippen LogP contribution is 2.39. The molecule has 176 valence electrons. The van der Waals surface area contributed by atoms with Gasteiger partial charge in [-0.15, -0.1) is 0 Å². The summed E-state index contributed by atoms with van der Waals surface area (Å²) < 4.78 is 13.2. The van der Waals surface area contributed by atoms with E-state index in [1.807, 2.05) is 66.7 Å². The number of hydrogen-bond donors (Lipinski definition) is 1. The first-order chi connectivity index (χ1) is 17.2. The molecule has 0 bridgehead atoms. The van der Waals surface area contributed by atoms with E-state index in [1.165, 1.54) is 11.9 Å². The Kier molecular flexibility index (Phi) is 6.30. The number of nitrogens with one attached hydrogen (secondary N) is 1. The number of anilines is 1. The van der Waals surface area contributed by atoms with Crippen molar-refractivity contribution in [2.24, 2.45) is 0 Å². The van der Waals surface area contributed by atoms with Crippen LogP contribution in [0.2, 0.25) is 0 Å². The Bertz CT molecular complexity index is 1360. The molecular formula is C28H26N4O3. The number of aromatic nitrogens is 3. The molecule has 7 nitrogen and oxygen atoms in total. The number of rotatable bonds is 7. The Morgan fingerprint density at radius 2 is 1.74 bits per heavy atom. The molecule has 1 aromatic heterocycles. The number of ether oxygens (including phenoxy) is 2. The molecule has 7 heteroatoms. The highest BCUT2D eigenvalue weighted by Gasteiger charge is 2.36. The third kappa shape index (κ3) is 4.53. The van der Waals surface area contributed by atoms with Gasteiger partial charge < -0.3 is 14.8 Å². The summed E-state index contributed by atoms with van der Waals surface area (Å²) in [4.78, 5) is 17.6. The standard InChI is InChI=1S/C28H26N4O3/c1-3-34-27(33)24-25(20-10-5-4-6-11-20)31-28-29-18-30-32(28)26(24)21-13-15-23(16-14-21)35-17-22-12-8-7-9-19(22)2/h4-16,18,26H,3,17H2,1-2H3,(H,29,30,31)/t26-/m0/s1. The van der Waals surface area contributed by atoms with Crippen molar-refractivity contribution in [1.29, 1.82) is 0 Å². The summed E-state index contributed by atoms with van der Waals surface area (Å²) in [5, 5.41) is 7.69. The molecule has 0 saturated carbocycles. The third-order valence-electron chi connectivity index (χ3n) is 6.01. The van der Waals surface area contributed by atoms with Crippen molar-refractivity contribution in [3.05, 3.63) is 113 Å². The van der Waals surface area contributed by atoms with Gasteiger partial charge in [-0.05, 0) is 48.2 Å². The van der Waals surface area contributed by atoms with Gasteiger partial charge in [-0.3, -0.25) is 0 Å². The predicted octanol–water partition coefficient (Wildman–Crippen LogP) is 5.15. The number of hydrogen-bond acceptors (Lipinski definition) is 6. The van der Waals surface area contributed by atoms with Crippen molar-refractivity contribution in [3.8, 4) is 5.75 Å². The van der Waals surface area contributed by atoms with E-state index in [1.54, 1.807) is 11.6 Å². The summed E-state index contributed by atoms with van der Waals surface area (Å²) in [6, 6.07) is 25.1. The summed E-state index contributed by atoms with van der Waals surface area (Å²) in [6.07, 6.45) is 1.48. The molecule has 0 fully saturated rings. The summed E-state index contributed by atoms with van der Waals surface area (Å²) in [5.74, 6) is 0.904. The number of esters is 1. The molecule has 35 heavy (non-hydrogen) atoms. The number of nitrogens with zero attached hydrogens (tertiary/aromatic N) is 3. The molecule has 0 saturated heterocycles. The zero-order valence-corrected chi connectivity index (χ0v) is 19.6. The quantitative estimate of drug-likeness (QED) is 0.379. The zero-order chi connectivity index (χ0) is 24.2. The molecule has 5 rings (SSSR count). The number of carbonyl (C=O) groups excluding carboxylic acids is 1. The van der Waals surface area contributed by atoms with Crippen LogP contribution in [-0.2, 0) is 16.1 Å². The lowest BCUT2D eigenvalue weighted by Gasteiger charge is -2.29. The normalized spacial score (nSPS) is 14.7. The molecule has 0 spiro atoms. The van der Waals surface area contributed by atoms with Crippen LogP contribution >= 0.6 is 0 Å². The fourth-order valence-corrected chi connectivity index (χ4v) is 4.21. The number of fused-ring (bicyclic) bond motifs is 1. The molecule has 0 radical (unpaired) electrons. The van der Waals surface area contributed by atoms with Gasteiger partial charge in [0.1, 0.15) is 24.7 Å². The average molecular weight is 467 g/mol. The van der Waals surface area contributed by atoms with Crippen LogP contribution in [0.4, 0.5) is 5.95 Å². The van der Waals surface area contributed by atoms with Gasteiger partial charge in [0, 0.05) is 0 Å². The molecule has 4 aromatic rings. The first kappa shape index (κ1) is 22.4. The maximum atomic E-state index is 13.2. The van der Waals surface area contributed by atoms with E-state index in [2.05, 4.69) is 34.5 Å². The van der Waals surface area contributed by atoms with Crippen LogP contribution in [0, 0.1) is 6.92 Å². The van der Waals surface area contributed by atoms with Crippen LogP contribution < -0.4 is 10.1 Å². The van der Waals surface area contributed by atoms with E-state index in [0.717, 1.165) is 22.4 Å². The van der Waals surface area contributed by atoms with E-state index in [0.29, 0.717) is 23.8 Å². The molecule has 3 aromatic carbocycles. The number of carbonyl (C=O) groups is 1. The molecule has 1 aliphatic heterocycles. The van der Waals surface area contributed by atoms with Crippen molar-refractivity contribution in [2.45, 2.75) is 26.5 Å². The fourth-order valence-electron chi connectivity index (χ4n) is 4.21. The minimum Gasteiger partial charge on any atom is -0.489 e. The van der Waals surface area contributed by atoms with Gasteiger partial charge in [-0.2, -0.15) is 10.1 Å². The molecule has 1 N–H and O–H groups in total. The first-order valence-corrected chi connectivity index (χ1v) is 11.6. The number of benzene rings is 3. The van der Waals surface area contributed by atoms with Gasteiger partial charge in [0.2, 0.25) is 5.95 Å². The lowest BCUT2D eigenvalue weighted by atomic mass is 9.93. The van der Waals surface area contributed by atoms with Crippen molar-refractivity contribution in [3.63, 3.8) is 0 Å². The van der Waals surface area contributed by atoms with Crippen LogP contribution in [0.5, 0.6) is 5.75 Å². The molecule has 1 atom stereocenters. The minimum atomic E-state index is -0.506. The van der Waals surface area contributed by atoms with Gasteiger partial charge in [0.15, 0.2) is 0 Å². The van der Waals surface area contributed by atoms with Crippen LogP contribution in [0.15, 0.2) is 90.8 Å². The molecule has 0 aliphatic carbocycles. The average Bonchev–Trinajstić information content (AvgIpc) is 3.37. The third-order valence-corrected chi connectivity index (χ3v) is 6.01. The molecular weight excluding hydrogens is 440 g/mol. The van der Waals surface area contributed by atoms with Crippen molar-refractivity contribution >= 4 is 17.6 Å². The largest absolute Gasteiger partial charge is 0.489 e. The smallest absolute Gasteiger partial charge is 0.338 e. The lowest BCUT2D eigenvalue weighted by molar-refractivity contribution is -0.138. The maximum Gasteiger partial charge on any atom is 0.338 e. The monoisotopic (exact) mass is 466 g/mol. The maximum absolute atomic E-state index is 13.2. The highest BCUT2D eigenvalue weighted by atomic mass is 16.5. The highest BCUT2D eigenvalue weighted by molar-refractivity contribution is 6.02. The molecule has 2 heterocycles. The Hall–Kier alpha value is -4.39. The Labute approximate surface area is 204 Å². The van der Waals surface area contributed by atoms with Crippen LogP contribution in [0.1, 0.15) is 35.2 Å². The minimum absolute atomic E-state index is 0.271.